The minimum atomic E-state index is 0.668. The smallest absolute Gasteiger partial charge is 0.0153 e. The molecule has 0 nitrogen and oxygen atoms in total. The van der Waals surface area contributed by atoms with E-state index in [1.54, 1.807) is 5.57 Å². The minimum absolute atomic E-state index is 0.668. The van der Waals surface area contributed by atoms with Gasteiger partial charge < -0.3 is 0 Å². The summed E-state index contributed by atoms with van der Waals surface area (Å²) < 4.78 is 0. The van der Waals surface area contributed by atoms with Crippen LogP contribution in [0.2, 0.25) is 0 Å². The van der Waals surface area contributed by atoms with Gasteiger partial charge in [-0.2, -0.15) is 0 Å². The van der Waals surface area contributed by atoms with Crippen molar-refractivity contribution in [3.63, 3.8) is 0 Å². The van der Waals surface area contributed by atoms with Crippen LogP contribution in [0.25, 0.3) is 0 Å². The molecule has 0 aromatic heterocycles. The summed E-state index contributed by atoms with van der Waals surface area (Å²) in [5.74, 6) is 0.668. The fourth-order valence-corrected chi connectivity index (χ4v) is 1.83. The molecule has 1 aliphatic rings. The first-order chi connectivity index (χ1) is 5.69. The molecular weight excluding hydrogens is 144 g/mol. The fourth-order valence-electron chi connectivity index (χ4n) is 1.83. The average molecular weight is 162 g/mol. The van der Waals surface area contributed by atoms with Crippen LogP contribution in [0, 0.1) is 5.92 Å². The van der Waals surface area contributed by atoms with Gasteiger partial charge in [0.1, 0.15) is 0 Å². The largest absolute Gasteiger partial charge is 0.0988 e. The third-order valence-corrected chi connectivity index (χ3v) is 2.72. The molecule has 0 spiro atoms. The molecule has 0 aromatic carbocycles. The Morgan fingerprint density at radius 2 is 2.33 bits per heavy atom. The van der Waals surface area contributed by atoms with Crippen molar-refractivity contribution in [2.45, 2.75) is 33.6 Å². The lowest BCUT2D eigenvalue weighted by molar-refractivity contribution is 0.655. The molecule has 66 valence electrons. The second kappa shape index (κ2) is 3.75. The van der Waals surface area contributed by atoms with Crippen molar-refractivity contribution in [1.29, 1.82) is 0 Å². The molecule has 0 aliphatic heterocycles. The molecule has 0 amide bonds. The Kier molecular flexibility index (Phi) is 2.91. The second-order valence-electron chi connectivity index (χ2n) is 3.59. The summed E-state index contributed by atoms with van der Waals surface area (Å²) in [6.07, 6.45) is 6.68. The molecule has 1 aliphatic carbocycles. The van der Waals surface area contributed by atoms with Crippen LogP contribution >= 0.6 is 0 Å². The first-order valence-corrected chi connectivity index (χ1v) is 4.71. The summed E-state index contributed by atoms with van der Waals surface area (Å²) in [6, 6.07) is 0. The van der Waals surface area contributed by atoms with Crippen molar-refractivity contribution in [2.24, 2.45) is 5.92 Å². The first-order valence-electron chi connectivity index (χ1n) is 4.71. The van der Waals surface area contributed by atoms with Gasteiger partial charge in [0, 0.05) is 0 Å². The van der Waals surface area contributed by atoms with Gasteiger partial charge in [-0.05, 0) is 31.3 Å². The lowest BCUT2D eigenvalue weighted by Gasteiger charge is -2.21. The topological polar surface area (TPSA) is 0 Å². The number of allylic oxidation sites excluding steroid dienone is 5. The molecule has 0 saturated carbocycles. The first kappa shape index (κ1) is 9.31. The van der Waals surface area contributed by atoms with Gasteiger partial charge in [-0.3, -0.25) is 0 Å². The van der Waals surface area contributed by atoms with E-state index in [0.717, 1.165) is 0 Å². The van der Waals surface area contributed by atoms with E-state index in [9.17, 15) is 0 Å². The summed E-state index contributed by atoms with van der Waals surface area (Å²) in [7, 11) is 0. The van der Waals surface area contributed by atoms with Crippen LogP contribution in [0.5, 0.6) is 0 Å². The Morgan fingerprint density at radius 3 is 2.83 bits per heavy atom. The van der Waals surface area contributed by atoms with Crippen molar-refractivity contribution in [2.75, 3.05) is 0 Å². The molecule has 0 saturated heterocycles. The van der Waals surface area contributed by atoms with Crippen LogP contribution in [-0.2, 0) is 0 Å². The van der Waals surface area contributed by atoms with Gasteiger partial charge >= 0.3 is 0 Å². The highest BCUT2D eigenvalue weighted by molar-refractivity contribution is 5.37. The molecule has 0 fully saturated rings. The van der Waals surface area contributed by atoms with Crippen molar-refractivity contribution >= 4 is 0 Å². The quantitative estimate of drug-likeness (QED) is 0.578. The third-order valence-electron chi connectivity index (χ3n) is 2.72. The van der Waals surface area contributed by atoms with Crippen LogP contribution in [0.1, 0.15) is 33.6 Å². The fraction of sp³-hybridized carbons (Fsp3) is 0.500. The highest BCUT2D eigenvalue weighted by atomic mass is 14.2. The molecule has 12 heavy (non-hydrogen) atoms. The normalized spacial score (nSPS) is 23.9. The number of hydrogen-bond acceptors (Lipinski definition) is 0. The van der Waals surface area contributed by atoms with E-state index in [-0.39, 0.29) is 0 Å². The van der Waals surface area contributed by atoms with E-state index in [2.05, 4.69) is 33.4 Å². The minimum Gasteiger partial charge on any atom is -0.0988 e. The van der Waals surface area contributed by atoms with Crippen LogP contribution in [0.15, 0.2) is 35.5 Å². The third kappa shape index (κ3) is 1.69. The Bertz CT molecular complexity index is 241. The van der Waals surface area contributed by atoms with Crippen LogP contribution in [0.3, 0.4) is 0 Å². The zero-order valence-corrected chi connectivity index (χ0v) is 8.35. The van der Waals surface area contributed by atoms with Gasteiger partial charge in [-0.15, -0.1) is 0 Å². The number of rotatable bonds is 2. The average Bonchev–Trinajstić information content (AvgIpc) is 2.08. The van der Waals surface area contributed by atoms with Crippen molar-refractivity contribution in [3.8, 4) is 0 Å². The monoisotopic (exact) mass is 162 g/mol. The van der Waals surface area contributed by atoms with Crippen LogP contribution < -0.4 is 0 Å². The summed E-state index contributed by atoms with van der Waals surface area (Å²) in [4.78, 5) is 0. The van der Waals surface area contributed by atoms with E-state index in [4.69, 9.17) is 0 Å². The molecule has 0 heteroatoms. The summed E-state index contributed by atoms with van der Waals surface area (Å²) in [5.41, 5.74) is 4.45. The SMILES string of the molecule is C=CC1=CC(C)=C(CC)CC1C. The van der Waals surface area contributed by atoms with E-state index < -0.39 is 0 Å². The van der Waals surface area contributed by atoms with Gasteiger partial charge in [-0.1, -0.05) is 43.7 Å². The molecule has 1 atom stereocenters. The van der Waals surface area contributed by atoms with Crippen molar-refractivity contribution < 1.29 is 0 Å². The molecule has 0 aromatic rings. The van der Waals surface area contributed by atoms with Crippen LogP contribution in [0.4, 0.5) is 0 Å². The Hall–Kier alpha value is -0.780. The highest BCUT2D eigenvalue weighted by Gasteiger charge is 2.14. The van der Waals surface area contributed by atoms with Gasteiger partial charge in [0.15, 0.2) is 0 Å². The second-order valence-corrected chi connectivity index (χ2v) is 3.59. The van der Waals surface area contributed by atoms with Gasteiger partial charge in [0.05, 0.1) is 0 Å². The van der Waals surface area contributed by atoms with Crippen LogP contribution in [-0.4, -0.2) is 0 Å². The maximum absolute atomic E-state index is 3.83. The van der Waals surface area contributed by atoms with E-state index in [0.29, 0.717) is 5.92 Å². The predicted molar refractivity (Wildman–Crippen MR) is 55.1 cm³/mol. The molecule has 0 bridgehead atoms. The lowest BCUT2D eigenvalue weighted by atomic mass is 9.84. The molecule has 0 heterocycles. The molecule has 0 N–H and O–H groups in total. The van der Waals surface area contributed by atoms with Crippen molar-refractivity contribution in [3.05, 3.63) is 35.5 Å². The van der Waals surface area contributed by atoms with E-state index >= 15 is 0 Å². The summed E-state index contributed by atoms with van der Waals surface area (Å²) in [6.45, 7) is 10.5. The molecule has 1 rings (SSSR count). The summed E-state index contributed by atoms with van der Waals surface area (Å²) in [5, 5.41) is 0. The standard InChI is InChI=1S/C12H18/c1-5-11-7-10(4)12(6-2)8-9(11)3/h5,7,9H,1,6,8H2,2-4H3. The van der Waals surface area contributed by atoms with Gasteiger partial charge in [0.25, 0.3) is 0 Å². The summed E-state index contributed by atoms with van der Waals surface area (Å²) >= 11 is 0. The maximum atomic E-state index is 3.83. The lowest BCUT2D eigenvalue weighted by Crippen LogP contribution is -2.05. The Balaban J connectivity index is 2.94. The Labute approximate surface area is 75.7 Å². The maximum Gasteiger partial charge on any atom is -0.0153 e. The number of hydrogen-bond donors (Lipinski definition) is 0. The van der Waals surface area contributed by atoms with E-state index in [1.165, 1.54) is 24.0 Å². The van der Waals surface area contributed by atoms with Gasteiger partial charge in [-0.25, -0.2) is 0 Å². The highest BCUT2D eigenvalue weighted by Crippen LogP contribution is 2.30. The van der Waals surface area contributed by atoms with E-state index in [1.807, 2.05) is 6.08 Å². The Morgan fingerprint density at radius 1 is 1.67 bits per heavy atom. The molecule has 1 unspecified atom stereocenters. The zero-order valence-electron chi connectivity index (χ0n) is 8.35. The molecule has 0 radical (unpaired) electrons. The van der Waals surface area contributed by atoms with Crippen molar-refractivity contribution in [1.82, 2.24) is 0 Å². The predicted octanol–water partition coefficient (Wildman–Crippen LogP) is 3.87. The zero-order chi connectivity index (χ0) is 9.14. The molecular formula is C12H18. The van der Waals surface area contributed by atoms with Gasteiger partial charge in [0.2, 0.25) is 0 Å².